The van der Waals surface area contributed by atoms with Crippen molar-refractivity contribution >= 4 is 51.4 Å². The van der Waals surface area contributed by atoms with Crippen molar-refractivity contribution in [3.8, 4) is 5.75 Å². The highest BCUT2D eigenvalue weighted by Crippen LogP contribution is 2.22. The van der Waals surface area contributed by atoms with E-state index < -0.39 is 22.1 Å². The lowest BCUT2D eigenvalue weighted by Gasteiger charge is -2.26. The summed E-state index contributed by atoms with van der Waals surface area (Å²) in [5.41, 5.74) is 11.8. The summed E-state index contributed by atoms with van der Waals surface area (Å²) in [7, 11) is -3.92. The molecule has 1 heterocycles. The third-order valence-corrected chi connectivity index (χ3v) is 5.51. The molecule has 3 rings (SSSR count). The molecule has 2 aromatic carbocycles. The van der Waals surface area contributed by atoms with Crippen molar-refractivity contribution in [2.24, 2.45) is 11.5 Å². The molecule has 0 radical (unpaired) electrons. The van der Waals surface area contributed by atoms with E-state index in [4.69, 9.17) is 38.6 Å². The maximum atomic E-state index is 12.3. The van der Waals surface area contributed by atoms with Gasteiger partial charge in [0, 0.05) is 24.2 Å². The molecule has 15 heteroatoms. The van der Waals surface area contributed by atoms with Gasteiger partial charge in [-0.05, 0) is 48.5 Å². The van der Waals surface area contributed by atoms with Crippen LogP contribution in [-0.4, -0.2) is 86.6 Å². The van der Waals surface area contributed by atoms with E-state index in [9.17, 15) is 14.4 Å². The lowest BCUT2D eigenvalue weighted by molar-refractivity contribution is -0.356. The smallest absolute Gasteiger partial charge is 0.343 e. The number of nitrogens with one attached hydrogen (secondary N) is 1. The molecule has 0 spiro atoms. The summed E-state index contributed by atoms with van der Waals surface area (Å²) in [5.74, 6) is -0.747. The molecule has 0 atom stereocenters. The number of esters is 2. The molecule has 2 aromatic rings. The number of guanidine groups is 1. The highest BCUT2D eigenvalue weighted by atomic mass is 32.2. The Morgan fingerprint density at radius 1 is 1.05 bits per heavy atom. The van der Waals surface area contributed by atoms with Gasteiger partial charge in [0.1, 0.15) is 5.75 Å². The van der Waals surface area contributed by atoms with Crippen LogP contribution in [0.2, 0.25) is 0 Å². The van der Waals surface area contributed by atoms with Gasteiger partial charge in [0.15, 0.2) is 6.61 Å². The standard InChI is InChI=1S/C22H24N4O6S.CH4O3S/c23-22(24)25-16-3-1-15(2-4-16)21(29)32-17-5-7-18(8-6-17)33-14-20(28)31-13-19(27)26-9-11-30-12-10-26;1-5(2,3)4/h1-8H,9-14H2,(H4,23,24,25);1H3,(H,2,3,4). The Morgan fingerprint density at radius 2 is 1.63 bits per heavy atom. The zero-order valence-corrected chi connectivity index (χ0v) is 22.1. The Hall–Kier alpha value is -3.66. The van der Waals surface area contributed by atoms with Crippen molar-refractivity contribution in [2.45, 2.75) is 4.90 Å². The normalized spacial score (nSPS) is 12.9. The number of morpholine rings is 1. The lowest BCUT2D eigenvalue weighted by Crippen LogP contribution is -2.72. The van der Waals surface area contributed by atoms with Crippen LogP contribution in [0.15, 0.2) is 53.4 Å². The van der Waals surface area contributed by atoms with Crippen molar-refractivity contribution in [3.05, 3.63) is 54.1 Å². The number of carbonyl (C=O) groups is 3. The second kappa shape index (κ2) is 14.9. The lowest BCUT2D eigenvalue weighted by atomic mass is 10.2. The van der Waals surface area contributed by atoms with Gasteiger partial charge in [-0.1, -0.05) is 0 Å². The van der Waals surface area contributed by atoms with Gasteiger partial charge in [-0.2, -0.15) is 0 Å². The average molecular weight is 569 g/mol. The maximum absolute atomic E-state index is 12.3. The van der Waals surface area contributed by atoms with E-state index in [2.05, 4.69) is 4.99 Å². The number of amides is 1. The van der Waals surface area contributed by atoms with Crippen LogP contribution in [0.3, 0.4) is 0 Å². The maximum Gasteiger partial charge on any atom is 0.343 e. The van der Waals surface area contributed by atoms with Gasteiger partial charge in [0.05, 0.1) is 40.3 Å². The van der Waals surface area contributed by atoms with Crippen LogP contribution in [0, 0.1) is 0 Å². The van der Waals surface area contributed by atoms with Crippen molar-refractivity contribution < 1.29 is 46.6 Å². The molecule has 1 amide bonds. The molecule has 0 bridgehead atoms. The topological polar surface area (TPSA) is 205 Å². The first-order valence-electron chi connectivity index (χ1n) is 11.0. The molecular formula is C23H28N4O9S2. The van der Waals surface area contributed by atoms with E-state index >= 15 is 0 Å². The summed E-state index contributed by atoms with van der Waals surface area (Å²) >= 11 is 1.26. The summed E-state index contributed by atoms with van der Waals surface area (Å²) in [6.07, 6.45) is 0.604. The SMILES string of the molecule is CS(=O)(=O)[O-].NC(N)=[NH+]c1ccc(C(=O)Oc2ccc(SCC(=O)OCC(=O)N3CCOCC3)cc2)cc1. The first kappa shape index (κ1) is 30.6. The number of nitrogens with zero attached hydrogens (tertiary/aromatic N) is 1. The van der Waals surface area contributed by atoms with Gasteiger partial charge in [-0.25, -0.2) is 18.2 Å². The van der Waals surface area contributed by atoms with Crippen LogP contribution in [0.1, 0.15) is 10.4 Å². The van der Waals surface area contributed by atoms with E-state index in [-0.39, 0.29) is 24.2 Å². The van der Waals surface area contributed by atoms with Gasteiger partial charge in [-0.15, -0.1) is 11.8 Å². The second-order valence-corrected chi connectivity index (χ2v) is 10.1. The molecule has 38 heavy (non-hydrogen) atoms. The molecular weight excluding hydrogens is 540 g/mol. The Bertz CT molecular complexity index is 1220. The highest BCUT2D eigenvalue weighted by Gasteiger charge is 2.18. The van der Waals surface area contributed by atoms with E-state index in [1.54, 1.807) is 53.4 Å². The summed E-state index contributed by atoms with van der Waals surface area (Å²) < 4.78 is 42.8. The minimum atomic E-state index is -3.92. The summed E-state index contributed by atoms with van der Waals surface area (Å²) in [4.78, 5) is 41.4. The minimum absolute atomic E-state index is 0.0537. The molecule has 1 fully saturated rings. The van der Waals surface area contributed by atoms with Crippen LogP contribution in [0.4, 0.5) is 5.69 Å². The minimum Gasteiger partial charge on any atom is -0.748 e. The molecule has 0 aromatic heterocycles. The largest absolute Gasteiger partial charge is 0.748 e. The van der Waals surface area contributed by atoms with Crippen LogP contribution >= 0.6 is 11.8 Å². The number of nitrogens with two attached hydrogens (primary N) is 2. The first-order valence-corrected chi connectivity index (χ1v) is 13.8. The van der Waals surface area contributed by atoms with E-state index in [1.165, 1.54) is 11.8 Å². The Morgan fingerprint density at radius 3 is 2.18 bits per heavy atom. The number of hydrogen-bond acceptors (Lipinski definition) is 10. The Labute approximate surface area is 223 Å². The zero-order valence-electron chi connectivity index (χ0n) is 20.5. The van der Waals surface area contributed by atoms with Crippen molar-refractivity contribution in [2.75, 3.05) is 44.9 Å². The van der Waals surface area contributed by atoms with Gasteiger partial charge >= 0.3 is 17.9 Å². The zero-order chi connectivity index (χ0) is 28.1. The predicted molar refractivity (Wildman–Crippen MR) is 137 cm³/mol. The summed E-state index contributed by atoms with van der Waals surface area (Å²) in [6.45, 7) is 1.73. The fourth-order valence-electron chi connectivity index (χ4n) is 2.86. The van der Waals surface area contributed by atoms with Crippen molar-refractivity contribution in [1.29, 1.82) is 0 Å². The number of carbonyl (C=O) groups excluding carboxylic acids is 3. The molecule has 1 saturated heterocycles. The van der Waals surface area contributed by atoms with Crippen LogP contribution < -0.4 is 21.2 Å². The Kier molecular flexibility index (Phi) is 12.0. The van der Waals surface area contributed by atoms with E-state index in [1.807, 2.05) is 0 Å². The fraction of sp³-hybridized carbons (Fsp3) is 0.304. The van der Waals surface area contributed by atoms with Gasteiger partial charge in [0.2, 0.25) is 0 Å². The number of hydrogen-bond donors (Lipinski definition) is 3. The van der Waals surface area contributed by atoms with Crippen molar-refractivity contribution in [3.63, 3.8) is 0 Å². The number of rotatable bonds is 8. The molecule has 1 aliphatic rings. The Balaban J connectivity index is 0.000000926. The van der Waals surface area contributed by atoms with Crippen LogP contribution in [-0.2, 0) is 29.2 Å². The molecule has 5 N–H and O–H groups in total. The summed E-state index contributed by atoms with van der Waals surface area (Å²) in [6, 6.07) is 13.2. The van der Waals surface area contributed by atoms with Gasteiger partial charge in [0.25, 0.3) is 5.91 Å². The first-order chi connectivity index (χ1) is 17.9. The third kappa shape index (κ3) is 12.5. The van der Waals surface area contributed by atoms with Crippen molar-refractivity contribution in [1.82, 2.24) is 4.90 Å². The quantitative estimate of drug-likeness (QED) is 0.0835. The van der Waals surface area contributed by atoms with E-state index in [0.29, 0.717) is 49.6 Å². The molecule has 1 aliphatic heterocycles. The van der Waals surface area contributed by atoms with Crippen LogP contribution in [0.5, 0.6) is 5.75 Å². The monoisotopic (exact) mass is 568 g/mol. The molecule has 0 saturated carbocycles. The molecule has 0 aliphatic carbocycles. The van der Waals surface area contributed by atoms with E-state index in [0.717, 1.165) is 4.90 Å². The molecule has 0 unspecified atom stereocenters. The fourth-order valence-corrected chi connectivity index (χ4v) is 3.55. The number of thioether (sulfide) groups is 1. The average Bonchev–Trinajstić information content (AvgIpc) is 2.86. The predicted octanol–water partition coefficient (Wildman–Crippen LogP) is -1.45. The number of benzene rings is 2. The van der Waals surface area contributed by atoms with Gasteiger partial charge < -0.3 is 23.7 Å². The summed E-state index contributed by atoms with van der Waals surface area (Å²) in [5, 5.41) is 0. The van der Waals surface area contributed by atoms with Crippen LogP contribution in [0.25, 0.3) is 0 Å². The highest BCUT2D eigenvalue weighted by molar-refractivity contribution is 8.00. The van der Waals surface area contributed by atoms with Gasteiger partial charge in [-0.3, -0.25) is 21.1 Å². The molecule has 13 nitrogen and oxygen atoms in total. The molecule has 206 valence electrons. The third-order valence-electron chi connectivity index (χ3n) is 4.52. The second-order valence-electron chi connectivity index (χ2n) is 7.67. The number of ether oxygens (including phenoxy) is 3.